The maximum Gasteiger partial charge on any atom is 0.305 e. The van der Waals surface area contributed by atoms with Crippen molar-refractivity contribution < 1.29 is 18.7 Å². The second kappa shape index (κ2) is 7.74. The number of anilines is 1. The van der Waals surface area contributed by atoms with Gasteiger partial charge in [0.2, 0.25) is 0 Å². The number of nitrogen functional groups attached to an aromatic ring is 1. The van der Waals surface area contributed by atoms with Crippen LogP contribution >= 0.6 is 0 Å². The van der Waals surface area contributed by atoms with E-state index in [1.165, 1.54) is 7.11 Å². The fourth-order valence-electron chi connectivity index (χ4n) is 2.62. The first-order valence-corrected chi connectivity index (χ1v) is 8.31. The Morgan fingerprint density at radius 2 is 1.89 bits per heavy atom. The maximum absolute atomic E-state index is 12.4. The van der Waals surface area contributed by atoms with Crippen molar-refractivity contribution in [3.05, 3.63) is 65.4 Å². The number of amidine groups is 1. The number of hydrogen-bond acceptors (Lipinski definition) is 5. The Balaban J connectivity index is 1.68. The number of carbonyl (C=O) groups excluding carboxylic acids is 2. The average Bonchev–Trinajstić information content (AvgIpc) is 3.10. The van der Waals surface area contributed by atoms with Gasteiger partial charge in [-0.05, 0) is 48.4 Å². The second-order valence-electron chi connectivity index (χ2n) is 6.00. The third-order valence-corrected chi connectivity index (χ3v) is 4.11. The van der Waals surface area contributed by atoms with Crippen molar-refractivity contribution in [3.8, 4) is 0 Å². The van der Waals surface area contributed by atoms with E-state index in [4.69, 9.17) is 15.6 Å². The van der Waals surface area contributed by atoms with Gasteiger partial charge in [0.05, 0.1) is 7.11 Å². The summed E-state index contributed by atoms with van der Waals surface area (Å²) in [6.07, 6.45) is 0.881. The summed E-state index contributed by atoms with van der Waals surface area (Å²) in [5, 5.41) is 10.9. The van der Waals surface area contributed by atoms with Crippen LogP contribution in [-0.2, 0) is 16.0 Å². The molecular formula is C20H19N3O4. The number of amides is 1. The largest absolute Gasteiger partial charge is 0.469 e. The number of rotatable bonds is 6. The number of fused-ring (bicyclic) bond motifs is 1. The maximum atomic E-state index is 12.4. The predicted octanol–water partition coefficient (Wildman–Crippen LogP) is 3.07. The summed E-state index contributed by atoms with van der Waals surface area (Å²) in [4.78, 5) is 23.6. The molecule has 0 bridgehead atoms. The summed E-state index contributed by atoms with van der Waals surface area (Å²) < 4.78 is 10.2. The monoisotopic (exact) mass is 365 g/mol. The minimum atomic E-state index is -0.377. The van der Waals surface area contributed by atoms with Crippen LogP contribution in [0.3, 0.4) is 0 Å². The lowest BCUT2D eigenvalue weighted by Gasteiger charge is -2.05. The van der Waals surface area contributed by atoms with Crippen LogP contribution in [0.5, 0.6) is 0 Å². The molecule has 0 saturated heterocycles. The molecule has 7 heteroatoms. The lowest BCUT2D eigenvalue weighted by Crippen LogP contribution is -2.10. The summed E-state index contributed by atoms with van der Waals surface area (Å²) >= 11 is 0. The van der Waals surface area contributed by atoms with Gasteiger partial charge in [-0.2, -0.15) is 0 Å². The summed E-state index contributed by atoms with van der Waals surface area (Å²) in [6, 6.07) is 13.9. The standard InChI is InChI=1S/C20H19N3O4/c1-26-18(24)9-4-12-2-6-15(7-3-12)23-20(25)17-11-14-10-13(19(21)22)5-8-16(14)27-17/h2-3,5-8,10-11H,4,9H2,1H3,(H3,21,22)(H,23,25). The first kappa shape index (κ1) is 18.2. The molecule has 3 rings (SSSR count). The molecular weight excluding hydrogens is 346 g/mol. The van der Waals surface area contributed by atoms with Crippen molar-refractivity contribution in [2.75, 3.05) is 12.4 Å². The highest BCUT2D eigenvalue weighted by atomic mass is 16.5. The number of carbonyl (C=O) groups is 2. The zero-order valence-electron chi connectivity index (χ0n) is 14.7. The molecule has 4 N–H and O–H groups in total. The fraction of sp³-hybridized carbons (Fsp3) is 0.150. The summed E-state index contributed by atoms with van der Waals surface area (Å²) in [5.74, 6) is -0.514. The predicted molar refractivity (Wildman–Crippen MR) is 102 cm³/mol. The van der Waals surface area contributed by atoms with Crippen LogP contribution in [0, 0.1) is 5.41 Å². The Morgan fingerprint density at radius 1 is 1.15 bits per heavy atom. The van der Waals surface area contributed by atoms with Gasteiger partial charge < -0.3 is 20.2 Å². The Labute approximate surface area is 155 Å². The minimum Gasteiger partial charge on any atom is -0.469 e. The number of benzene rings is 2. The fourth-order valence-corrected chi connectivity index (χ4v) is 2.62. The van der Waals surface area contributed by atoms with Crippen LogP contribution in [0.4, 0.5) is 5.69 Å². The Hall–Kier alpha value is -3.61. The molecule has 0 atom stereocenters. The van der Waals surface area contributed by atoms with E-state index in [0.29, 0.717) is 35.1 Å². The lowest BCUT2D eigenvalue weighted by molar-refractivity contribution is -0.140. The van der Waals surface area contributed by atoms with Gasteiger partial charge in [0, 0.05) is 23.1 Å². The normalized spacial score (nSPS) is 10.6. The Morgan fingerprint density at radius 3 is 2.56 bits per heavy atom. The van der Waals surface area contributed by atoms with Crippen LogP contribution in [-0.4, -0.2) is 24.8 Å². The first-order valence-electron chi connectivity index (χ1n) is 8.31. The number of hydrogen-bond donors (Lipinski definition) is 3. The SMILES string of the molecule is COC(=O)CCc1ccc(NC(=O)c2cc3cc(C(=N)N)ccc3o2)cc1. The number of nitrogens with two attached hydrogens (primary N) is 1. The minimum absolute atomic E-state index is 0.0450. The second-order valence-corrected chi connectivity index (χ2v) is 6.00. The van der Waals surface area contributed by atoms with Crippen LogP contribution in [0.25, 0.3) is 11.0 Å². The molecule has 0 spiro atoms. The third kappa shape index (κ3) is 4.33. The molecule has 7 nitrogen and oxygen atoms in total. The van der Waals surface area contributed by atoms with E-state index in [-0.39, 0.29) is 23.5 Å². The lowest BCUT2D eigenvalue weighted by atomic mass is 10.1. The van der Waals surface area contributed by atoms with Crippen molar-refractivity contribution in [2.45, 2.75) is 12.8 Å². The van der Waals surface area contributed by atoms with Crippen molar-refractivity contribution in [1.82, 2.24) is 0 Å². The molecule has 0 unspecified atom stereocenters. The van der Waals surface area contributed by atoms with E-state index >= 15 is 0 Å². The first-order chi connectivity index (χ1) is 13.0. The van der Waals surface area contributed by atoms with Crippen molar-refractivity contribution >= 4 is 34.4 Å². The zero-order chi connectivity index (χ0) is 19.4. The van der Waals surface area contributed by atoms with Crippen LogP contribution in [0.1, 0.15) is 28.1 Å². The van der Waals surface area contributed by atoms with Gasteiger partial charge >= 0.3 is 5.97 Å². The highest BCUT2D eigenvalue weighted by molar-refractivity contribution is 6.05. The zero-order valence-corrected chi connectivity index (χ0v) is 14.7. The van der Waals surface area contributed by atoms with E-state index in [1.54, 1.807) is 36.4 Å². The number of ether oxygens (including phenoxy) is 1. The molecule has 0 aliphatic carbocycles. The smallest absolute Gasteiger partial charge is 0.305 e. The number of nitrogens with one attached hydrogen (secondary N) is 2. The van der Waals surface area contributed by atoms with Gasteiger partial charge in [-0.25, -0.2) is 0 Å². The Kier molecular flexibility index (Phi) is 5.21. The highest BCUT2D eigenvalue weighted by Gasteiger charge is 2.13. The molecule has 0 saturated carbocycles. The quantitative estimate of drug-likeness (QED) is 0.352. The van der Waals surface area contributed by atoms with Crippen LogP contribution < -0.4 is 11.1 Å². The Bertz CT molecular complexity index is 1010. The summed E-state index contributed by atoms with van der Waals surface area (Å²) in [6.45, 7) is 0. The number of aryl methyl sites for hydroxylation is 1. The van der Waals surface area contributed by atoms with E-state index < -0.39 is 0 Å². The molecule has 1 amide bonds. The molecule has 3 aromatic rings. The average molecular weight is 365 g/mol. The molecule has 1 aromatic heterocycles. The van der Waals surface area contributed by atoms with Gasteiger partial charge in [-0.15, -0.1) is 0 Å². The van der Waals surface area contributed by atoms with Gasteiger partial charge in [-0.1, -0.05) is 12.1 Å². The molecule has 1 heterocycles. The topological polar surface area (TPSA) is 118 Å². The van der Waals surface area contributed by atoms with Crippen molar-refractivity contribution in [2.24, 2.45) is 5.73 Å². The summed E-state index contributed by atoms with van der Waals surface area (Å²) in [7, 11) is 1.36. The van der Waals surface area contributed by atoms with E-state index in [0.717, 1.165) is 5.56 Å². The summed E-state index contributed by atoms with van der Waals surface area (Å²) in [5.41, 5.74) is 8.18. The molecule has 0 aliphatic heterocycles. The third-order valence-electron chi connectivity index (χ3n) is 4.11. The molecule has 138 valence electrons. The van der Waals surface area contributed by atoms with E-state index in [2.05, 4.69) is 10.1 Å². The number of methoxy groups -OCH3 is 1. The van der Waals surface area contributed by atoms with Crippen LogP contribution in [0.2, 0.25) is 0 Å². The van der Waals surface area contributed by atoms with Gasteiger partial charge in [-0.3, -0.25) is 15.0 Å². The number of esters is 1. The van der Waals surface area contributed by atoms with Gasteiger partial charge in [0.15, 0.2) is 5.76 Å². The van der Waals surface area contributed by atoms with E-state index in [1.807, 2.05) is 12.1 Å². The molecule has 2 aromatic carbocycles. The molecule has 0 aliphatic rings. The van der Waals surface area contributed by atoms with E-state index in [9.17, 15) is 9.59 Å². The van der Waals surface area contributed by atoms with Crippen LogP contribution in [0.15, 0.2) is 52.9 Å². The van der Waals surface area contributed by atoms with Crippen molar-refractivity contribution in [3.63, 3.8) is 0 Å². The van der Waals surface area contributed by atoms with Crippen molar-refractivity contribution in [1.29, 1.82) is 5.41 Å². The molecule has 0 fully saturated rings. The molecule has 27 heavy (non-hydrogen) atoms. The van der Waals surface area contributed by atoms with Gasteiger partial charge in [0.25, 0.3) is 5.91 Å². The van der Waals surface area contributed by atoms with Gasteiger partial charge in [0.1, 0.15) is 11.4 Å². The highest BCUT2D eigenvalue weighted by Crippen LogP contribution is 2.22. The number of furan rings is 1. The molecule has 0 radical (unpaired) electrons.